The highest BCUT2D eigenvalue weighted by molar-refractivity contribution is 5.77. The highest BCUT2D eigenvalue weighted by Crippen LogP contribution is 2.30. The highest BCUT2D eigenvalue weighted by atomic mass is 16.5. The number of nitrogens with zero attached hydrogens (tertiary/aromatic N) is 1. The number of fused-ring (bicyclic) bond motifs is 1. The van der Waals surface area contributed by atoms with Crippen LogP contribution in [0.5, 0.6) is 17.2 Å². The summed E-state index contributed by atoms with van der Waals surface area (Å²) in [5.41, 5.74) is 2.95. The molecule has 1 aromatic carbocycles. The molecule has 1 atom stereocenters. The van der Waals surface area contributed by atoms with Crippen LogP contribution in [0.4, 0.5) is 0 Å². The van der Waals surface area contributed by atoms with Gasteiger partial charge in [-0.15, -0.1) is 0 Å². The summed E-state index contributed by atoms with van der Waals surface area (Å²) in [6.45, 7) is 5.07. The van der Waals surface area contributed by atoms with Gasteiger partial charge in [0.1, 0.15) is 17.2 Å². The molecule has 27 heavy (non-hydrogen) atoms. The standard InChI is InChI=1S/C21H26N2O4/c1-4-18-19(8-5-14(2)23-18)27-13-21(24)22-11-15-9-16-6-7-17(25-3)10-20(16)26-12-15/h5-8,10,15H,4,9,11-13H2,1-3H3,(H,22,24)/t15-/m0/s1. The maximum Gasteiger partial charge on any atom is 0.257 e. The lowest BCUT2D eigenvalue weighted by molar-refractivity contribution is -0.123. The second-order valence-electron chi connectivity index (χ2n) is 6.70. The Bertz CT molecular complexity index is 807. The largest absolute Gasteiger partial charge is 0.497 e. The van der Waals surface area contributed by atoms with Crippen LogP contribution in [-0.2, 0) is 17.6 Å². The molecule has 0 aliphatic carbocycles. The minimum Gasteiger partial charge on any atom is -0.497 e. The van der Waals surface area contributed by atoms with Gasteiger partial charge in [-0.05, 0) is 43.5 Å². The fourth-order valence-electron chi connectivity index (χ4n) is 3.11. The normalized spacial score (nSPS) is 15.4. The number of methoxy groups -OCH3 is 1. The second kappa shape index (κ2) is 8.75. The number of pyridine rings is 1. The maximum atomic E-state index is 12.1. The van der Waals surface area contributed by atoms with Gasteiger partial charge in [-0.1, -0.05) is 13.0 Å². The Morgan fingerprint density at radius 1 is 1.33 bits per heavy atom. The van der Waals surface area contributed by atoms with Gasteiger partial charge in [-0.25, -0.2) is 0 Å². The molecule has 0 fully saturated rings. The van der Waals surface area contributed by atoms with Crippen molar-refractivity contribution in [1.29, 1.82) is 0 Å². The highest BCUT2D eigenvalue weighted by Gasteiger charge is 2.21. The van der Waals surface area contributed by atoms with Crippen molar-refractivity contribution in [3.8, 4) is 17.2 Å². The minimum absolute atomic E-state index is 0.0148. The molecule has 0 saturated heterocycles. The maximum absolute atomic E-state index is 12.1. The van der Waals surface area contributed by atoms with Crippen molar-refractivity contribution in [2.75, 3.05) is 26.9 Å². The van der Waals surface area contributed by atoms with Crippen LogP contribution in [0.3, 0.4) is 0 Å². The van der Waals surface area contributed by atoms with Gasteiger partial charge in [-0.3, -0.25) is 9.78 Å². The molecule has 1 amide bonds. The van der Waals surface area contributed by atoms with Crippen molar-refractivity contribution >= 4 is 5.91 Å². The lowest BCUT2D eigenvalue weighted by Gasteiger charge is -2.25. The molecule has 0 radical (unpaired) electrons. The Morgan fingerprint density at radius 3 is 2.96 bits per heavy atom. The summed E-state index contributed by atoms with van der Waals surface area (Å²) in [5.74, 6) is 2.41. The zero-order chi connectivity index (χ0) is 19.2. The number of aryl methyl sites for hydroxylation is 2. The van der Waals surface area contributed by atoms with E-state index in [1.165, 1.54) is 0 Å². The van der Waals surface area contributed by atoms with Crippen LogP contribution in [0.25, 0.3) is 0 Å². The number of hydrogen-bond acceptors (Lipinski definition) is 5. The quantitative estimate of drug-likeness (QED) is 0.812. The third kappa shape index (κ3) is 4.90. The van der Waals surface area contributed by atoms with E-state index in [2.05, 4.69) is 10.3 Å². The van der Waals surface area contributed by atoms with E-state index in [4.69, 9.17) is 14.2 Å². The van der Waals surface area contributed by atoms with Crippen LogP contribution in [0.1, 0.15) is 23.9 Å². The van der Waals surface area contributed by atoms with Crippen molar-refractivity contribution in [2.24, 2.45) is 5.92 Å². The van der Waals surface area contributed by atoms with Crippen LogP contribution >= 0.6 is 0 Å². The topological polar surface area (TPSA) is 69.7 Å². The molecule has 0 bridgehead atoms. The molecule has 0 spiro atoms. The van der Waals surface area contributed by atoms with Gasteiger partial charge < -0.3 is 19.5 Å². The van der Waals surface area contributed by atoms with Gasteiger partial charge in [0.25, 0.3) is 5.91 Å². The van der Waals surface area contributed by atoms with Crippen molar-refractivity contribution < 1.29 is 19.0 Å². The molecule has 6 heteroatoms. The van der Waals surface area contributed by atoms with Gasteiger partial charge in [0.15, 0.2) is 6.61 Å². The number of hydrogen-bond donors (Lipinski definition) is 1. The third-order valence-electron chi connectivity index (χ3n) is 4.61. The molecule has 2 heterocycles. The van der Waals surface area contributed by atoms with E-state index in [0.717, 1.165) is 41.3 Å². The number of carbonyl (C=O) groups excluding carboxylic acids is 1. The predicted molar refractivity (Wildman–Crippen MR) is 103 cm³/mol. The second-order valence-corrected chi connectivity index (χ2v) is 6.70. The summed E-state index contributed by atoms with van der Waals surface area (Å²) in [7, 11) is 1.64. The Hall–Kier alpha value is -2.76. The third-order valence-corrected chi connectivity index (χ3v) is 4.61. The van der Waals surface area contributed by atoms with Gasteiger partial charge in [0, 0.05) is 24.2 Å². The van der Waals surface area contributed by atoms with E-state index in [1.54, 1.807) is 7.11 Å². The number of carbonyl (C=O) groups is 1. The molecule has 1 aromatic heterocycles. The molecular weight excluding hydrogens is 344 g/mol. The number of aromatic nitrogens is 1. The zero-order valence-electron chi connectivity index (χ0n) is 16.1. The van der Waals surface area contributed by atoms with Gasteiger partial charge in [0.2, 0.25) is 0 Å². The average Bonchev–Trinajstić information content (AvgIpc) is 2.70. The van der Waals surface area contributed by atoms with E-state index >= 15 is 0 Å². The number of rotatable bonds is 7. The molecular formula is C21H26N2O4. The predicted octanol–water partition coefficient (Wildman–Crippen LogP) is 2.71. The Balaban J connectivity index is 1.47. The van der Waals surface area contributed by atoms with Gasteiger partial charge in [-0.2, -0.15) is 0 Å². The molecule has 0 unspecified atom stereocenters. The van der Waals surface area contributed by atoms with Gasteiger partial charge in [0.05, 0.1) is 19.4 Å². The molecule has 2 aromatic rings. The summed E-state index contributed by atoms with van der Waals surface area (Å²) in [4.78, 5) is 16.6. The first kappa shape index (κ1) is 19.0. The van der Waals surface area contributed by atoms with Crippen molar-refractivity contribution in [1.82, 2.24) is 10.3 Å². The first-order chi connectivity index (χ1) is 13.1. The van der Waals surface area contributed by atoms with E-state index < -0.39 is 0 Å². The Labute approximate surface area is 159 Å². The van der Waals surface area contributed by atoms with Crippen LogP contribution in [0.15, 0.2) is 30.3 Å². The summed E-state index contributed by atoms with van der Waals surface area (Å²) >= 11 is 0. The lowest BCUT2D eigenvalue weighted by atomic mass is 9.96. The summed E-state index contributed by atoms with van der Waals surface area (Å²) < 4.78 is 16.7. The van der Waals surface area contributed by atoms with Crippen LogP contribution in [-0.4, -0.2) is 37.8 Å². The molecule has 0 saturated carbocycles. The molecule has 6 nitrogen and oxygen atoms in total. The van der Waals surface area contributed by atoms with Crippen LogP contribution < -0.4 is 19.5 Å². The number of amides is 1. The zero-order valence-corrected chi connectivity index (χ0v) is 16.1. The van der Waals surface area contributed by atoms with Gasteiger partial charge >= 0.3 is 0 Å². The smallest absolute Gasteiger partial charge is 0.257 e. The Kier molecular flexibility index (Phi) is 6.16. The fourth-order valence-corrected chi connectivity index (χ4v) is 3.11. The van der Waals surface area contributed by atoms with Crippen molar-refractivity contribution in [3.63, 3.8) is 0 Å². The van der Waals surface area contributed by atoms with Crippen molar-refractivity contribution in [3.05, 3.63) is 47.3 Å². The molecule has 1 aliphatic rings. The van der Waals surface area contributed by atoms with E-state index in [0.29, 0.717) is 18.9 Å². The molecule has 1 aliphatic heterocycles. The summed E-state index contributed by atoms with van der Waals surface area (Å²) in [6.07, 6.45) is 1.63. The molecule has 1 N–H and O–H groups in total. The Morgan fingerprint density at radius 2 is 2.19 bits per heavy atom. The fraction of sp³-hybridized carbons (Fsp3) is 0.429. The lowest BCUT2D eigenvalue weighted by Crippen LogP contribution is -2.37. The SMILES string of the molecule is CCc1nc(C)ccc1OCC(=O)NC[C@H]1COc2cc(OC)ccc2C1. The van der Waals surface area contributed by atoms with Crippen molar-refractivity contribution in [2.45, 2.75) is 26.7 Å². The minimum atomic E-state index is -0.141. The van der Waals surface area contributed by atoms with E-state index in [-0.39, 0.29) is 18.4 Å². The molecule has 3 rings (SSSR count). The monoisotopic (exact) mass is 370 g/mol. The van der Waals surface area contributed by atoms with Crippen LogP contribution in [0.2, 0.25) is 0 Å². The first-order valence-electron chi connectivity index (χ1n) is 9.24. The average molecular weight is 370 g/mol. The van der Waals surface area contributed by atoms with E-state index in [1.807, 2.05) is 44.2 Å². The summed E-state index contributed by atoms with van der Waals surface area (Å²) in [6, 6.07) is 9.60. The summed E-state index contributed by atoms with van der Waals surface area (Å²) in [5, 5.41) is 2.94. The van der Waals surface area contributed by atoms with E-state index in [9.17, 15) is 4.79 Å². The van der Waals surface area contributed by atoms with Crippen LogP contribution in [0, 0.1) is 12.8 Å². The first-order valence-corrected chi connectivity index (χ1v) is 9.24. The number of ether oxygens (including phenoxy) is 3. The number of benzene rings is 1. The molecule has 144 valence electrons. The number of nitrogens with one attached hydrogen (secondary N) is 1.